The van der Waals surface area contributed by atoms with Crippen LogP contribution in [0.25, 0.3) is 0 Å². The van der Waals surface area contributed by atoms with Gasteiger partial charge in [0.1, 0.15) is 5.75 Å². The second-order valence-corrected chi connectivity index (χ2v) is 5.28. The van der Waals surface area contributed by atoms with E-state index in [0.29, 0.717) is 35.9 Å². The molecule has 0 bridgehead atoms. The molecule has 0 unspecified atom stereocenters. The summed E-state index contributed by atoms with van der Waals surface area (Å²) in [6, 6.07) is 13.9. The van der Waals surface area contributed by atoms with E-state index in [4.69, 9.17) is 14.2 Å². The lowest BCUT2D eigenvalue weighted by molar-refractivity contribution is -0.123. The first-order chi connectivity index (χ1) is 12.6. The van der Waals surface area contributed by atoms with Gasteiger partial charge >= 0.3 is 0 Å². The van der Waals surface area contributed by atoms with Crippen LogP contribution in [0.5, 0.6) is 17.2 Å². The molecule has 2 rings (SSSR count). The van der Waals surface area contributed by atoms with E-state index in [1.165, 1.54) is 7.11 Å². The molecule has 2 aromatic rings. The third-order valence-corrected chi connectivity index (χ3v) is 3.49. The first-order valence-electron chi connectivity index (χ1n) is 8.09. The number of nitrogens with one attached hydrogen (secondary N) is 2. The molecule has 138 valence electrons. The van der Waals surface area contributed by atoms with E-state index in [2.05, 4.69) is 10.6 Å². The highest BCUT2D eigenvalue weighted by molar-refractivity contribution is 5.94. The monoisotopic (exact) mass is 358 g/mol. The quantitative estimate of drug-likeness (QED) is 0.666. The third kappa shape index (κ3) is 5.70. The van der Waals surface area contributed by atoms with Crippen molar-refractivity contribution in [2.75, 3.05) is 33.9 Å². The summed E-state index contributed by atoms with van der Waals surface area (Å²) in [5, 5.41) is 5.40. The second-order valence-electron chi connectivity index (χ2n) is 5.28. The fourth-order valence-corrected chi connectivity index (χ4v) is 2.18. The maximum Gasteiger partial charge on any atom is 0.258 e. The van der Waals surface area contributed by atoms with E-state index >= 15 is 0 Å². The number of amides is 2. The number of hydrogen-bond acceptors (Lipinski definition) is 5. The SMILES string of the molecule is COc1cccc(C(=O)NCCNC(=O)COc2ccccc2OC)c1. The van der Waals surface area contributed by atoms with Crippen molar-refractivity contribution in [3.05, 3.63) is 54.1 Å². The van der Waals surface area contributed by atoms with Gasteiger partial charge in [-0.2, -0.15) is 0 Å². The normalized spacial score (nSPS) is 9.92. The Hall–Kier alpha value is -3.22. The van der Waals surface area contributed by atoms with Crippen molar-refractivity contribution in [1.29, 1.82) is 0 Å². The zero-order chi connectivity index (χ0) is 18.8. The molecule has 0 atom stereocenters. The number of rotatable bonds is 9. The van der Waals surface area contributed by atoms with Crippen molar-refractivity contribution in [2.24, 2.45) is 0 Å². The topological polar surface area (TPSA) is 85.9 Å². The van der Waals surface area contributed by atoms with Crippen molar-refractivity contribution in [3.63, 3.8) is 0 Å². The first-order valence-corrected chi connectivity index (χ1v) is 8.09. The predicted octanol–water partition coefficient (Wildman–Crippen LogP) is 1.63. The number of methoxy groups -OCH3 is 2. The van der Waals surface area contributed by atoms with E-state index in [-0.39, 0.29) is 18.4 Å². The van der Waals surface area contributed by atoms with E-state index in [1.54, 1.807) is 49.6 Å². The third-order valence-electron chi connectivity index (χ3n) is 3.49. The van der Waals surface area contributed by atoms with Gasteiger partial charge in [0.05, 0.1) is 14.2 Å². The second kappa shape index (κ2) is 9.93. The molecular formula is C19H22N2O5. The zero-order valence-corrected chi connectivity index (χ0v) is 14.8. The number of carbonyl (C=O) groups excluding carboxylic acids is 2. The number of para-hydroxylation sites is 2. The Labute approximate surface area is 152 Å². The molecule has 7 nitrogen and oxygen atoms in total. The standard InChI is InChI=1S/C19H22N2O5/c1-24-15-7-5-6-14(12-15)19(23)21-11-10-20-18(22)13-26-17-9-4-3-8-16(17)25-2/h3-9,12H,10-11,13H2,1-2H3,(H,20,22)(H,21,23). The van der Waals surface area contributed by atoms with E-state index in [0.717, 1.165) is 0 Å². The van der Waals surface area contributed by atoms with E-state index < -0.39 is 0 Å². The highest BCUT2D eigenvalue weighted by Gasteiger charge is 2.08. The summed E-state index contributed by atoms with van der Waals surface area (Å²) in [4.78, 5) is 23.8. The van der Waals surface area contributed by atoms with Gasteiger partial charge in [-0.15, -0.1) is 0 Å². The van der Waals surface area contributed by atoms with Crippen LogP contribution >= 0.6 is 0 Å². The molecule has 0 saturated heterocycles. The summed E-state index contributed by atoms with van der Waals surface area (Å²) in [6.45, 7) is 0.463. The Morgan fingerprint density at radius 2 is 1.62 bits per heavy atom. The van der Waals surface area contributed by atoms with Gasteiger partial charge in [-0.05, 0) is 30.3 Å². The van der Waals surface area contributed by atoms with Crippen molar-refractivity contribution in [3.8, 4) is 17.2 Å². The van der Waals surface area contributed by atoms with Crippen LogP contribution in [0.3, 0.4) is 0 Å². The minimum atomic E-state index is -0.286. The number of ether oxygens (including phenoxy) is 3. The summed E-state index contributed by atoms with van der Waals surface area (Å²) in [5.41, 5.74) is 0.496. The number of hydrogen-bond donors (Lipinski definition) is 2. The van der Waals surface area contributed by atoms with Crippen LogP contribution in [0.4, 0.5) is 0 Å². The Balaban J connectivity index is 1.69. The first kappa shape index (κ1) is 19.1. The Morgan fingerprint density at radius 3 is 2.35 bits per heavy atom. The minimum absolute atomic E-state index is 0.135. The minimum Gasteiger partial charge on any atom is -0.497 e. The van der Waals surface area contributed by atoms with Gasteiger partial charge in [-0.25, -0.2) is 0 Å². The molecule has 7 heteroatoms. The lowest BCUT2D eigenvalue weighted by Crippen LogP contribution is -2.36. The average molecular weight is 358 g/mol. The van der Waals surface area contributed by atoms with Crippen LogP contribution in [0.15, 0.2) is 48.5 Å². The fourth-order valence-electron chi connectivity index (χ4n) is 2.18. The lowest BCUT2D eigenvalue weighted by atomic mass is 10.2. The molecule has 26 heavy (non-hydrogen) atoms. The molecule has 0 aliphatic rings. The Bertz CT molecular complexity index is 748. The Morgan fingerprint density at radius 1 is 0.885 bits per heavy atom. The smallest absolute Gasteiger partial charge is 0.258 e. The Kier molecular flexibility index (Phi) is 7.30. The van der Waals surface area contributed by atoms with Gasteiger partial charge in [0.15, 0.2) is 18.1 Å². The molecular weight excluding hydrogens is 336 g/mol. The van der Waals surface area contributed by atoms with Crippen molar-refractivity contribution in [2.45, 2.75) is 0 Å². The van der Waals surface area contributed by atoms with Crippen molar-refractivity contribution in [1.82, 2.24) is 10.6 Å². The van der Waals surface area contributed by atoms with Gasteiger partial charge in [-0.3, -0.25) is 9.59 Å². The highest BCUT2D eigenvalue weighted by Crippen LogP contribution is 2.25. The van der Waals surface area contributed by atoms with Gasteiger partial charge in [0, 0.05) is 18.7 Å². The van der Waals surface area contributed by atoms with Crippen LogP contribution < -0.4 is 24.8 Å². The molecule has 0 fully saturated rings. The predicted molar refractivity (Wildman–Crippen MR) is 96.8 cm³/mol. The van der Waals surface area contributed by atoms with Gasteiger partial charge in [-0.1, -0.05) is 18.2 Å². The maximum atomic E-state index is 12.0. The fraction of sp³-hybridized carbons (Fsp3) is 0.263. The summed E-state index contributed by atoms with van der Waals surface area (Å²) in [5.74, 6) is 1.15. The van der Waals surface area contributed by atoms with E-state index in [1.807, 2.05) is 6.07 Å². The van der Waals surface area contributed by atoms with Crippen LogP contribution in [-0.2, 0) is 4.79 Å². The van der Waals surface area contributed by atoms with Gasteiger partial charge < -0.3 is 24.8 Å². The molecule has 0 aromatic heterocycles. The van der Waals surface area contributed by atoms with Crippen LogP contribution in [0.2, 0.25) is 0 Å². The summed E-state index contributed by atoms with van der Waals surface area (Å²) in [7, 11) is 3.08. The zero-order valence-electron chi connectivity index (χ0n) is 14.8. The van der Waals surface area contributed by atoms with Crippen molar-refractivity contribution >= 4 is 11.8 Å². The maximum absolute atomic E-state index is 12.0. The number of carbonyl (C=O) groups is 2. The molecule has 2 amide bonds. The summed E-state index contributed by atoms with van der Waals surface area (Å²) in [6.07, 6.45) is 0. The van der Waals surface area contributed by atoms with Gasteiger partial charge in [0.25, 0.3) is 11.8 Å². The van der Waals surface area contributed by atoms with Crippen molar-refractivity contribution < 1.29 is 23.8 Å². The summed E-state index contributed by atoms with van der Waals surface area (Å²) < 4.78 is 15.7. The molecule has 2 aromatic carbocycles. The van der Waals surface area contributed by atoms with E-state index in [9.17, 15) is 9.59 Å². The average Bonchev–Trinajstić information content (AvgIpc) is 2.69. The molecule has 0 radical (unpaired) electrons. The highest BCUT2D eigenvalue weighted by atomic mass is 16.5. The lowest BCUT2D eigenvalue weighted by Gasteiger charge is -2.11. The molecule has 0 aliphatic carbocycles. The number of benzene rings is 2. The molecule has 0 saturated carbocycles. The van der Waals surface area contributed by atoms with Gasteiger partial charge in [0.2, 0.25) is 0 Å². The molecule has 0 aliphatic heterocycles. The van der Waals surface area contributed by atoms with Crippen LogP contribution in [0.1, 0.15) is 10.4 Å². The molecule has 2 N–H and O–H groups in total. The van der Waals surface area contributed by atoms with Crippen LogP contribution in [-0.4, -0.2) is 45.7 Å². The molecule has 0 heterocycles. The largest absolute Gasteiger partial charge is 0.497 e. The molecule has 0 spiro atoms. The summed E-state index contributed by atoms with van der Waals surface area (Å²) >= 11 is 0. The van der Waals surface area contributed by atoms with Crippen LogP contribution in [0, 0.1) is 0 Å².